The van der Waals surface area contributed by atoms with Gasteiger partial charge in [0.25, 0.3) is 0 Å². The summed E-state index contributed by atoms with van der Waals surface area (Å²) < 4.78 is 58.6. The number of hydrogen-bond acceptors (Lipinski definition) is 3. The van der Waals surface area contributed by atoms with Crippen molar-refractivity contribution in [2.75, 3.05) is 19.8 Å². The number of ether oxygens (including phenoxy) is 2. The normalized spacial score (nSPS) is 20.8. The summed E-state index contributed by atoms with van der Waals surface area (Å²) in [5, 5.41) is 2.96. The smallest absolute Gasteiger partial charge is 0.406 e. The first-order valence-electron chi connectivity index (χ1n) is 5.32. The van der Waals surface area contributed by atoms with Crippen molar-refractivity contribution in [2.45, 2.75) is 12.4 Å². The number of halogens is 4. The molecule has 0 aromatic heterocycles. The molecule has 1 aromatic rings. The van der Waals surface area contributed by atoms with Crippen molar-refractivity contribution in [2.24, 2.45) is 0 Å². The number of alkyl halides is 3. The zero-order valence-corrected chi connectivity index (χ0v) is 9.26. The average Bonchev–Trinajstić information content (AvgIpc) is 2.31. The Balaban J connectivity index is 2.20. The molecule has 1 aliphatic rings. The molecule has 2 rings (SSSR count). The minimum atomic E-state index is -4.79. The minimum Gasteiger partial charge on any atom is -0.406 e. The van der Waals surface area contributed by atoms with Crippen LogP contribution in [-0.2, 0) is 4.74 Å². The summed E-state index contributed by atoms with van der Waals surface area (Å²) in [6, 6.07) is 2.47. The third-order valence-electron chi connectivity index (χ3n) is 2.50. The van der Waals surface area contributed by atoms with Gasteiger partial charge in [0, 0.05) is 12.1 Å². The van der Waals surface area contributed by atoms with E-state index in [1.54, 1.807) is 0 Å². The van der Waals surface area contributed by atoms with E-state index < -0.39 is 24.0 Å². The fourth-order valence-corrected chi connectivity index (χ4v) is 1.75. The van der Waals surface area contributed by atoms with Gasteiger partial charge in [-0.2, -0.15) is 0 Å². The van der Waals surface area contributed by atoms with Crippen molar-refractivity contribution in [3.05, 3.63) is 29.6 Å². The lowest BCUT2D eigenvalue weighted by molar-refractivity contribution is -0.274. The molecule has 1 aromatic carbocycles. The molecule has 7 heteroatoms. The van der Waals surface area contributed by atoms with Gasteiger partial charge in [-0.05, 0) is 18.2 Å². The number of morpholine rings is 1. The summed E-state index contributed by atoms with van der Waals surface area (Å²) in [6.07, 6.45) is -4.79. The highest BCUT2D eigenvalue weighted by molar-refractivity contribution is 5.32. The Hall–Kier alpha value is -1.34. The summed E-state index contributed by atoms with van der Waals surface area (Å²) in [4.78, 5) is 0. The summed E-state index contributed by atoms with van der Waals surface area (Å²) in [5.74, 6) is -1.03. The molecule has 0 radical (unpaired) electrons. The van der Waals surface area contributed by atoms with Crippen LogP contribution in [-0.4, -0.2) is 26.1 Å². The van der Waals surface area contributed by atoms with Crippen molar-refractivity contribution < 1.29 is 27.0 Å². The van der Waals surface area contributed by atoms with Crippen molar-refractivity contribution in [1.82, 2.24) is 5.32 Å². The second-order valence-corrected chi connectivity index (χ2v) is 3.81. The Bertz CT molecular complexity index is 416. The fourth-order valence-electron chi connectivity index (χ4n) is 1.75. The van der Waals surface area contributed by atoms with Crippen molar-refractivity contribution in [1.29, 1.82) is 0 Å². The molecule has 1 aliphatic heterocycles. The Labute approximate surface area is 101 Å². The maximum atomic E-state index is 13.6. The SMILES string of the molecule is Fc1ccc(OC(F)(F)F)cc1[C@@H]1COCCN1. The number of hydrogen-bond donors (Lipinski definition) is 1. The predicted molar refractivity (Wildman–Crippen MR) is 54.6 cm³/mol. The van der Waals surface area contributed by atoms with Gasteiger partial charge >= 0.3 is 6.36 Å². The molecule has 0 bridgehead atoms. The molecule has 18 heavy (non-hydrogen) atoms. The van der Waals surface area contributed by atoms with Crippen molar-refractivity contribution in [3.63, 3.8) is 0 Å². The molecule has 1 heterocycles. The average molecular weight is 265 g/mol. The third kappa shape index (κ3) is 3.33. The van der Waals surface area contributed by atoms with Crippen LogP contribution >= 0.6 is 0 Å². The molecular formula is C11H11F4NO2. The first-order valence-corrected chi connectivity index (χ1v) is 5.32. The van der Waals surface area contributed by atoms with E-state index in [0.717, 1.165) is 18.2 Å². The topological polar surface area (TPSA) is 30.5 Å². The number of rotatable bonds is 2. The Kier molecular flexibility index (Phi) is 3.72. The highest BCUT2D eigenvalue weighted by Gasteiger charge is 2.31. The monoisotopic (exact) mass is 265 g/mol. The van der Waals surface area contributed by atoms with Crippen molar-refractivity contribution in [3.8, 4) is 5.75 Å². The van der Waals surface area contributed by atoms with Crippen LogP contribution in [0.25, 0.3) is 0 Å². The largest absolute Gasteiger partial charge is 0.573 e. The van der Waals surface area contributed by atoms with Gasteiger partial charge < -0.3 is 14.8 Å². The van der Waals surface area contributed by atoms with Gasteiger partial charge in [0.15, 0.2) is 0 Å². The maximum absolute atomic E-state index is 13.6. The zero-order chi connectivity index (χ0) is 13.2. The molecular weight excluding hydrogens is 254 g/mol. The summed E-state index contributed by atoms with van der Waals surface area (Å²) >= 11 is 0. The zero-order valence-electron chi connectivity index (χ0n) is 9.26. The summed E-state index contributed by atoms with van der Waals surface area (Å²) in [5.41, 5.74) is 0.108. The van der Waals surface area contributed by atoms with E-state index in [0.29, 0.717) is 13.2 Å². The van der Waals surface area contributed by atoms with Gasteiger partial charge in [-0.1, -0.05) is 0 Å². The van der Waals surface area contributed by atoms with E-state index in [1.807, 2.05) is 0 Å². The second kappa shape index (κ2) is 5.11. The van der Waals surface area contributed by atoms with Crippen LogP contribution in [0.3, 0.4) is 0 Å². The molecule has 3 nitrogen and oxygen atoms in total. The standard InChI is InChI=1S/C11H11F4NO2/c12-9-2-1-7(18-11(13,14)15)5-8(9)10-6-17-4-3-16-10/h1-2,5,10,16H,3-4,6H2/t10-/m0/s1. The van der Waals surface area contributed by atoms with E-state index in [-0.39, 0.29) is 12.2 Å². The maximum Gasteiger partial charge on any atom is 0.573 e. The minimum absolute atomic E-state index is 0.108. The summed E-state index contributed by atoms with van der Waals surface area (Å²) in [7, 11) is 0. The molecule has 1 atom stereocenters. The molecule has 0 saturated carbocycles. The van der Waals surface area contributed by atoms with Crippen LogP contribution in [0.4, 0.5) is 17.6 Å². The van der Waals surface area contributed by atoms with Gasteiger partial charge in [0.05, 0.1) is 19.3 Å². The molecule has 0 unspecified atom stereocenters. The van der Waals surface area contributed by atoms with Gasteiger partial charge in [-0.25, -0.2) is 4.39 Å². The van der Waals surface area contributed by atoms with Gasteiger partial charge in [0.1, 0.15) is 11.6 Å². The molecule has 0 spiro atoms. The van der Waals surface area contributed by atoms with Crippen molar-refractivity contribution >= 4 is 0 Å². The van der Waals surface area contributed by atoms with Crippen LogP contribution < -0.4 is 10.1 Å². The van der Waals surface area contributed by atoms with Crippen LogP contribution in [0.15, 0.2) is 18.2 Å². The number of benzene rings is 1. The molecule has 0 amide bonds. The van der Waals surface area contributed by atoms with Crippen LogP contribution in [0.5, 0.6) is 5.75 Å². The molecule has 1 fully saturated rings. The molecule has 1 saturated heterocycles. The van der Waals surface area contributed by atoms with E-state index in [4.69, 9.17) is 4.74 Å². The summed E-state index contributed by atoms with van der Waals surface area (Å²) in [6.45, 7) is 1.23. The van der Waals surface area contributed by atoms with E-state index in [2.05, 4.69) is 10.1 Å². The van der Waals surface area contributed by atoms with Crippen LogP contribution in [0, 0.1) is 5.82 Å². The first kappa shape index (κ1) is 13.1. The first-order chi connectivity index (χ1) is 8.46. The molecule has 1 N–H and O–H groups in total. The molecule has 0 aliphatic carbocycles. The lowest BCUT2D eigenvalue weighted by Gasteiger charge is -2.24. The lowest BCUT2D eigenvalue weighted by atomic mass is 10.1. The van der Waals surface area contributed by atoms with E-state index >= 15 is 0 Å². The third-order valence-corrected chi connectivity index (χ3v) is 2.50. The highest BCUT2D eigenvalue weighted by atomic mass is 19.4. The quantitative estimate of drug-likeness (QED) is 0.833. The van der Waals surface area contributed by atoms with Gasteiger partial charge in [0.2, 0.25) is 0 Å². The highest BCUT2D eigenvalue weighted by Crippen LogP contribution is 2.28. The van der Waals surface area contributed by atoms with Gasteiger partial charge in [-0.15, -0.1) is 13.2 Å². The molecule has 100 valence electrons. The lowest BCUT2D eigenvalue weighted by Crippen LogP contribution is -2.35. The van der Waals surface area contributed by atoms with Crippen LogP contribution in [0.1, 0.15) is 11.6 Å². The Morgan fingerprint density at radius 3 is 2.72 bits per heavy atom. The van der Waals surface area contributed by atoms with Gasteiger partial charge in [-0.3, -0.25) is 0 Å². The Morgan fingerprint density at radius 1 is 1.33 bits per heavy atom. The second-order valence-electron chi connectivity index (χ2n) is 3.81. The van der Waals surface area contributed by atoms with Crippen LogP contribution in [0.2, 0.25) is 0 Å². The fraction of sp³-hybridized carbons (Fsp3) is 0.455. The Morgan fingerprint density at radius 2 is 2.11 bits per heavy atom. The number of nitrogens with one attached hydrogen (secondary N) is 1. The predicted octanol–water partition coefficient (Wildman–Crippen LogP) is 2.39. The van der Waals surface area contributed by atoms with E-state index in [1.165, 1.54) is 0 Å². The van der Waals surface area contributed by atoms with E-state index in [9.17, 15) is 17.6 Å².